The molecule has 0 spiro atoms. The van der Waals surface area contributed by atoms with Gasteiger partial charge in [-0.05, 0) is 31.4 Å². The molecule has 1 amide bonds. The molecule has 2 fully saturated rings. The number of carbonyl (C=O) groups excluding carboxylic acids is 1. The zero-order chi connectivity index (χ0) is 20.7. The van der Waals surface area contributed by atoms with Gasteiger partial charge in [0.2, 0.25) is 5.88 Å². The Balaban J connectivity index is 1.46. The summed E-state index contributed by atoms with van der Waals surface area (Å²) in [6.07, 6.45) is 5.90. The molecule has 0 aromatic carbocycles. The first-order chi connectivity index (χ1) is 14.6. The first kappa shape index (κ1) is 18.6. The van der Waals surface area contributed by atoms with E-state index < -0.39 is 18.1 Å². The molecule has 0 unspecified atom stereocenters. The minimum Gasteiger partial charge on any atom is -0.473 e. The van der Waals surface area contributed by atoms with Gasteiger partial charge in [0.1, 0.15) is 35.2 Å². The van der Waals surface area contributed by atoms with Gasteiger partial charge in [-0.3, -0.25) is 4.79 Å². The number of nitrogens with one attached hydrogen (secondary N) is 3. The second-order valence-corrected chi connectivity index (χ2v) is 7.55. The van der Waals surface area contributed by atoms with Gasteiger partial charge in [0.25, 0.3) is 5.91 Å². The summed E-state index contributed by atoms with van der Waals surface area (Å²) in [5, 5.41) is 13.2. The lowest BCUT2D eigenvalue weighted by Crippen LogP contribution is -2.27. The fraction of sp³-hybridized carbons (Fsp3) is 0.400. The fourth-order valence-electron chi connectivity index (χ4n) is 3.29. The molecule has 3 heterocycles. The quantitative estimate of drug-likeness (QED) is 0.549. The standard InChI is InChI=1S/C20H22FN7O2/c1-22-17-9-16(25-14-6-3-7-23-20(14)30-11-4-2-5-11)27-18-12(10-24-28(17)18)19(29)26-15-8-13(15)21/h3,6-7,9-11,13,15,22H,2,4-5,8H2,1H3,(H,25,27)(H,26,29)/t13-,15+/m1/s1. The van der Waals surface area contributed by atoms with E-state index in [0.29, 0.717) is 35.3 Å². The number of anilines is 3. The van der Waals surface area contributed by atoms with Crippen molar-refractivity contribution in [3.8, 4) is 5.88 Å². The predicted molar refractivity (Wildman–Crippen MR) is 109 cm³/mol. The molecule has 3 aromatic heterocycles. The average molecular weight is 411 g/mol. The molecule has 5 rings (SSSR count). The third-order valence-corrected chi connectivity index (χ3v) is 5.37. The van der Waals surface area contributed by atoms with Crippen LogP contribution >= 0.6 is 0 Å². The van der Waals surface area contributed by atoms with E-state index in [1.165, 1.54) is 17.1 Å². The predicted octanol–water partition coefficient (Wildman–Crippen LogP) is 2.68. The highest BCUT2D eigenvalue weighted by Gasteiger charge is 2.39. The average Bonchev–Trinajstić information content (AvgIpc) is 3.23. The smallest absolute Gasteiger partial charge is 0.257 e. The molecule has 2 atom stereocenters. The summed E-state index contributed by atoms with van der Waals surface area (Å²) in [5.41, 5.74) is 1.33. The second kappa shape index (κ2) is 7.43. The summed E-state index contributed by atoms with van der Waals surface area (Å²) >= 11 is 0. The van der Waals surface area contributed by atoms with Crippen LogP contribution in [-0.4, -0.2) is 50.9 Å². The van der Waals surface area contributed by atoms with E-state index in [1.807, 2.05) is 12.1 Å². The molecule has 3 N–H and O–H groups in total. The van der Waals surface area contributed by atoms with Crippen LogP contribution in [0.2, 0.25) is 0 Å². The van der Waals surface area contributed by atoms with Gasteiger partial charge in [-0.15, -0.1) is 0 Å². The summed E-state index contributed by atoms with van der Waals surface area (Å²) < 4.78 is 20.7. The number of hydrogen-bond acceptors (Lipinski definition) is 7. The van der Waals surface area contributed by atoms with Gasteiger partial charge in [0.15, 0.2) is 5.65 Å². The van der Waals surface area contributed by atoms with Gasteiger partial charge >= 0.3 is 0 Å². The van der Waals surface area contributed by atoms with Crippen molar-refractivity contribution in [1.29, 1.82) is 0 Å². The first-order valence-electron chi connectivity index (χ1n) is 10.0. The number of fused-ring (bicyclic) bond motifs is 1. The molecule has 30 heavy (non-hydrogen) atoms. The van der Waals surface area contributed by atoms with E-state index in [4.69, 9.17) is 4.74 Å². The summed E-state index contributed by atoms with van der Waals surface area (Å²) in [6.45, 7) is 0. The van der Waals surface area contributed by atoms with Gasteiger partial charge in [0, 0.05) is 25.7 Å². The third-order valence-electron chi connectivity index (χ3n) is 5.37. The number of halogens is 1. The summed E-state index contributed by atoms with van der Waals surface area (Å²) in [7, 11) is 1.76. The molecule has 10 heteroatoms. The molecule has 2 saturated carbocycles. The Morgan fingerprint density at radius 2 is 2.20 bits per heavy atom. The molecule has 2 aliphatic rings. The molecule has 0 aliphatic heterocycles. The lowest BCUT2D eigenvalue weighted by molar-refractivity contribution is 0.0949. The Morgan fingerprint density at radius 3 is 2.90 bits per heavy atom. The maximum atomic E-state index is 13.2. The lowest BCUT2D eigenvalue weighted by atomic mass is 9.96. The monoisotopic (exact) mass is 411 g/mol. The van der Waals surface area contributed by atoms with Crippen LogP contribution in [0.25, 0.3) is 5.65 Å². The zero-order valence-corrected chi connectivity index (χ0v) is 16.4. The summed E-state index contributed by atoms with van der Waals surface area (Å²) in [5.74, 6) is 1.27. The topological polar surface area (TPSA) is 105 Å². The van der Waals surface area contributed by atoms with Crippen molar-refractivity contribution in [3.63, 3.8) is 0 Å². The van der Waals surface area contributed by atoms with Crippen LogP contribution in [-0.2, 0) is 0 Å². The molecule has 156 valence electrons. The Labute approximate surface area is 172 Å². The number of aromatic nitrogens is 4. The van der Waals surface area contributed by atoms with E-state index >= 15 is 0 Å². The van der Waals surface area contributed by atoms with Crippen molar-refractivity contribution in [2.24, 2.45) is 0 Å². The van der Waals surface area contributed by atoms with Gasteiger partial charge in [0.05, 0.1) is 12.2 Å². The minimum absolute atomic E-state index is 0.190. The lowest BCUT2D eigenvalue weighted by Gasteiger charge is -2.26. The third kappa shape index (κ3) is 3.49. The van der Waals surface area contributed by atoms with Crippen molar-refractivity contribution in [1.82, 2.24) is 24.9 Å². The molecule has 0 saturated heterocycles. The first-order valence-corrected chi connectivity index (χ1v) is 10.0. The fourth-order valence-corrected chi connectivity index (χ4v) is 3.29. The number of carbonyl (C=O) groups is 1. The molecular weight excluding hydrogens is 389 g/mol. The van der Waals surface area contributed by atoms with E-state index in [0.717, 1.165) is 12.8 Å². The normalized spacial score (nSPS) is 20.5. The van der Waals surface area contributed by atoms with Crippen molar-refractivity contribution in [3.05, 3.63) is 36.2 Å². The highest BCUT2D eigenvalue weighted by atomic mass is 19.1. The van der Waals surface area contributed by atoms with Gasteiger partial charge < -0.3 is 20.7 Å². The van der Waals surface area contributed by atoms with E-state index in [2.05, 4.69) is 31.0 Å². The van der Waals surface area contributed by atoms with Crippen molar-refractivity contribution < 1.29 is 13.9 Å². The minimum atomic E-state index is -0.978. The highest BCUT2D eigenvalue weighted by Crippen LogP contribution is 2.31. The number of alkyl halides is 1. The summed E-state index contributed by atoms with van der Waals surface area (Å²) in [6, 6.07) is 5.03. The molecule has 3 aromatic rings. The van der Waals surface area contributed by atoms with Crippen molar-refractivity contribution in [2.75, 3.05) is 17.7 Å². The van der Waals surface area contributed by atoms with Crippen LogP contribution in [0, 0.1) is 0 Å². The Morgan fingerprint density at radius 1 is 1.37 bits per heavy atom. The number of nitrogens with zero attached hydrogens (tertiary/aromatic N) is 4. The zero-order valence-electron chi connectivity index (χ0n) is 16.4. The van der Waals surface area contributed by atoms with Crippen LogP contribution in [0.1, 0.15) is 36.0 Å². The number of hydrogen-bond donors (Lipinski definition) is 3. The van der Waals surface area contributed by atoms with E-state index in [-0.39, 0.29) is 11.7 Å². The van der Waals surface area contributed by atoms with Crippen LogP contribution in [0.5, 0.6) is 5.88 Å². The number of rotatable bonds is 7. The van der Waals surface area contributed by atoms with Crippen molar-refractivity contribution in [2.45, 2.75) is 44.0 Å². The maximum absolute atomic E-state index is 13.2. The summed E-state index contributed by atoms with van der Waals surface area (Å²) in [4.78, 5) is 21.5. The van der Waals surface area contributed by atoms with Crippen LogP contribution in [0.3, 0.4) is 0 Å². The van der Waals surface area contributed by atoms with Crippen LogP contribution in [0.15, 0.2) is 30.6 Å². The van der Waals surface area contributed by atoms with Gasteiger partial charge in [-0.25, -0.2) is 14.4 Å². The largest absolute Gasteiger partial charge is 0.473 e. The molecule has 0 radical (unpaired) electrons. The van der Waals surface area contributed by atoms with Crippen molar-refractivity contribution >= 4 is 28.9 Å². The number of ether oxygens (including phenoxy) is 1. The van der Waals surface area contributed by atoms with Gasteiger partial charge in [-0.2, -0.15) is 9.61 Å². The second-order valence-electron chi connectivity index (χ2n) is 7.55. The van der Waals surface area contributed by atoms with E-state index in [9.17, 15) is 9.18 Å². The maximum Gasteiger partial charge on any atom is 0.257 e. The Hall–Kier alpha value is -3.43. The van der Waals surface area contributed by atoms with Crippen LogP contribution < -0.4 is 20.7 Å². The Kier molecular flexibility index (Phi) is 4.61. The number of pyridine rings is 1. The number of amides is 1. The molecular formula is C20H22FN7O2. The molecule has 2 aliphatic carbocycles. The highest BCUT2D eigenvalue weighted by molar-refractivity contribution is 6.00. The Bertz CT molecular complexity index is 1100. The SMILES string of the molecule is CNc1cc(Nc2cccnc2OC2CCC2)nc2c(C(=O)N[C@H]3C[C@H]3F)cnn12. The van der Waals surface area contributed by atoms with Gasteiger partial charge in [-0.1, -0.05) is 0 Å². The van der Waals surface area contributed by atoms with Crippen LogP contribution in [0.4, 0.5) is 21.7 Å². The molecule has 9 nitrogen and oxygen atoms in total. The van der Waals surface area contributed by atoms with E-state index in [1.54, 1.807) is 19.3 Å². The molecule has 0 bridgehead atoms.